The lowest BCUT2D eigenvalue weighted by Crippen LogP contribution is -2.32. The summed E-state index contributed by atoms with van der Waals surface area (Å²) in [5.74, 6) is 0. The summed E-state index contributed by atoms with van der Waals surface area (Å²) in [6.45, 7) is 0. The summed E-state index contributed by atoms with van der Waals surface area (Å²) in [5, 5.41) is 27.0. The number of aromatic nitrogens is 5. The first-order valence-corrected chi connectivity index (χ1v) is 27.9. The summed E-state index contributed by atoms with van der Waals surface area (Å²) in [6, 6.07) is 89.3. The third-order valence-electron chi connectivity index (χ3n) is 17.1. The molecule has 0 unspecified atom stereocenters. The van der Waals surface area contributed by atoms with Crippen molar-refractivity contribution in [2.24, 2.45) is 0 Å². The van der Waals surface area contributed by atoms with Crippen molar-refractivity contribution in [2.45, 2.75) is 15.2 Å². The number of nitriles is 2. The summed E-state index contributed by atoms with van der Waals surface area (Å²) in [7, 11) is 0. The predicted molar refractivity (Wildman–Crippen MR) is 327 cm³/mol. The van der Waals surface area contributed by atoms with Crippen LogP contribution in [0.2, 0.25) is 0 Å². The number of rotatable bonds is 5. The van der Waals surface area contributed by atoms with Gasteiger partial charge in [0.15, 0.2) is 0 Å². The monoisotopic (exact) mass is 1050 g/mol. The maximum absolute atomic E-state index is 10.3. The number of nitrogens with zero attached hydrogens (tertiary/aromatic N) is 7. The van der Waals surface area contributed by atoms with Crippen LogP contribution in [-0.4, -0.2) is 23.7 Å². The van der Waals surface area contributed by atoms with E-state index in [4.69, 9.17) is 9.97 Å². The van der Waals surface area contributed by atoms with Crippen LogP contribution in [0.5, 0.6) is 0 Å². The van der Waals surface area contributed by atoms with E-state index in [-0.39, 0.29) is 0 Å². The molecule has 374 valence electrons. The van der Waals surface area contributed by atoms with Gasteiger partial charge in [0.25, 0.3) is 0 Å². The number of pyridine rings is 2. The normalized spacial score (nSPS) is 13.0. The van der Waals surface area contributed by atoms with Crippen molar-refractivity contribution >= 4 is 77.2 Å². The third-order valence-corrected chi connectivity index (χ3v) is 18.3. The van der Waals surface area contributed by atoms with E-state index in [2.05, 4.69) is 232 Å². The average Bonchev–Trinajstić information content (AvgIpc) is 4.36. The molecule has 5 aromatic heterocycles. The van der Waals surface area contributed by atoms with Gasteiger partial charge in [-0.1, -0.05) is 115 Å². The van der Waals surface area contributed by atoms with Crippen LogP contribution in [0.3, 0.4) is 0 Å². The lowest BCUT2D eigenvalue weighted by molar-refractivity contribution is 0.720. The molecule has 1 spiro atoms. The molecule has 17 rings (SSSR count). The summed E-state index contributed by atoms with van der Waals surface area (Å²) >= 11 is 1.82. The SMILES string of the molecule is N#Cc1ccc2c(c1)c1cc(-c3ccc4c(c3)C3(c5cccnc5-c5ncccc53)c3cccc(-c5ccc6c(c5)c5cc(C#N)ccc5n6-c5ccc(-n6c7ccccc7c7ccccc76)cc5)c3S4)ccc1n2-c1ccccc1. The minimum absolute atomic E-state index is 0.618. The number of hydrogen-bond donors (Lipinski definition) is 0. The minimum atomic E-state index is -0.753. The van der Waals surface area contributed by atoms with E-state index in [0.717, 1.165) is 110 Å². The molecule has 8 heteroatoms. The molecule has 0 bridgehead atoms. The first kappa shape index (κ1) is 45.3. The molecule has 15 aromatic rings. The molecule has 1 aliphatic heterocycles. The Bertz CT molecular complexity index is 5200. The Morgan fingerprint density at radius 3 is 1.38 bits per heavy atom. The molecule has 0 amide bonds. The van der Waals surface area contributed by atoms with Crippen molar-refractivity contribution < 1.29 is 0 Å². The van der Waals surface area contributed by atoms with Crippen LogP contribution in [0, 0.1) is 22.7 Å². The van der Waals surface area contributed by atoms with Gasteiger partial charge in [0.2, 0.25) is 0 Å². The fraction of sp³-hybridized carbons (Fsp3) is 0.0137. The highest BCUT2D eigenvalue weighted by Gasteiger charge is 2.52. The summed E-state index contributed by atoms with van der Waals surface area (Å²) < 4.78 is 6.97. The van der Waals surface area contributed by atoms with Gasteiger partial charge >= 0.3 is 0 Å². The van der Waals surface area contributed by atoms with Crippen LogP contribution in [0.15, 0.2) is 259 Å². The number of hydrogen-bond acceptors (Lipinski definition) is 5. The Hall–Kier alpha value is -10.8. The van der Waals surface area contributed by atoms with Crippen LogP contribution in [0.1, 0.15) is 33.4 Å². The standard InChI is InChI=1S/C73H41N7S/c74-42-44-21-30-65-55(37-44)57-39-46(23-32-67(57)78(65)49-11-2-1-3-12-49)47-25-34-69-62(41-47)73(59-17-9-35-76-70(59)71-60(73)18-10-36-77-71)61-16-8-15-52(72(61)81-69)48-24-33-68-58(40-48)56-38-45(43-75)22-31-66(56)80(68)51-28-26-50(27-29-51)79-63-19-6-4-13-53(63)54-14-5-7-20-64(54)79/h1-41H. The molecule has 0 saturated carbocycles. The molecule has 0 fully saturated rings. The molecule has 7 nitrogen and oxygen atoms in total. The van der Waals surface area contributed by atoms with Gasteiger partial charge in [-0.2, -0.15) is 10.5 Å². The number of fused-ring (bicyclic) bond motifs is 18. The fourth-order valence-electron chi connectivity index (χ4n) is 13.7. The van der Waals surface area contributed by atoms with E-state index in [1.165, 1.54) is 37.8 Å². The molecule has 0 N–H and O–H groups in total. The molecular weight excluding hydrogens is 1010 g/mol. The Kier molecular flexibility index (Phi) is 9.56. The number of benzene rings is 10. The zero-order chi connectivity index (χ0) is 53.5. The Labute approximate surface area is 469 Å². The highest BCUT2D eigenvalue weighted by molar-refractivity contribution is 7.99. The van der Waals surface area contributed by atoms with E-state index < -0.39 is 5.41 Å². The van der Waals surface area contributed by atoms with Gasteiger partial charge in [-0.25, -0.2) is 0 Å². The molecular formula is C73H41N7S. The molecule has 0 radical (unpaired) electrons. The third kappa shape index (κ3) is 6.34. The van der Waals surface area contributed by atoms with E-state index in [1.54, 1.807) is 0 Å². The van der Waals surface area contributed by atoms with Gasteiger partial charge in [-0.3, -0.25) is 9.97 Å². The van der Waals surface area contributed by atoms with Crippen LogP contribution in [0.4, 0.5) is 0 Å². The fourth-order valence-corrected chi connectivity index (χ4v) is 15.0. The Morgan fingerprint density at radius 1 is 0.346 bits per heavy atom. The Morgan fingerprint density at radius 2 is 0.802 bits per heavy atom. The second kappa shape index (κ2) is 17.1. The maximum Gasteiger partial charge on any atom is 0.0991 e. The van der Waals surface area contributed by atoms with Crippen molar-refractivity contribution in [3.05, 3.63) is 282 Å². The minimum Gasteiger partial charge on any atom is -0.309 e. The van der Waals surface area contributed by atoms with Gasteiger partial charge in [0.05, 0.1) is 73.2 Å². The van der Waals surface area contributed by atoms with Crippen LogP contribution >= 0.6 is 11.8 Å². The highest BCUT2D eigenvalue weighted by atomic mass is 32.2. The lowest BCUT2D eigenvalue weighted by atomic mass is 9.67. The zero-order valence-corrected chi connectivity index (χ0v) is 44.0. The van der Waals surface area contributed by atoms with E-state index >= 15 is 0 Å². The van der Waals surface area contributed by atoms with Crippen molar-refractivity contribution in [1.82, 2.24) is 23.7 Å². The molecule has 6 heterocycles. The molecule has 0 atom stereocenters. The van der Waals surface area contributed by atoms with Crippen LogP contribution in [-0.2, 0) is 5.41 Å². The van der Waals surface area contributed by atoms with Gasteiger partial charge in [-0.05, 0) is 178 Å². The Balaban J connectivity index is 0.836. The number of para-hydroxylation sites is 3. The molecule has 2 aliphatic rings. The predicted octanol–water partition coefficient (Wildman–Crippen LogP) is 17.7. The van der Waals surface area contributed by atoms with Crippen LogP contribution in [0.25, 0.3) is 116 Å². The van der Waals surface area contributed by atoms with Crippen molar-refractivity contribution in [3.8, 4) is 62.8 Å². The van der Waals surface area contributed by atoms with E-state index in [9.17, 15) is 10.5 Å². The maximum atomic E-state index is 10.3. The summed E-state index contributed by atoms with van der Waals surface area (Å²) in [6.07, 6.45) is 3.76. The zero-order valence-electron chi connectivity index (χ0n) is 43.2. The quantitative estimate of drug-likeness (QED) is 0.171. The second-order valence-electron chi connectivity index (χ2n) is 21.1. The van der Waals surface area contributed by atoms with Gasteiger partial charge in [-0.15, -0.1) is 0 Å². The van der Waals surface area contributed by atoms with Gasteiger partial charge in [0, 0.05) is 71.6 Å². The molecule has 1 aliphatic carbocycles. The average molecular weight is 1050 g/mol. The topological polar surface area (TPSA) is 88.2 Å². The molecule has 0 saturated heterocycles. The van der Waals surface area contributed by atoms with Crippen LogP contribution < -0.4 is 0 Å². The largest absolute Gasteiger partial charge is 0.309 e. The first-order valence-electron chi connectivity index (χ1n) is 27.1. The highest BCUT2D eigenvalue weighted by Crippen LogP contribution is 2.63. The summed E-state index contributed by atoms with van der Waals surface area (Å²) in [4.78, 5) is 12.5. The van der Waals surface area contributed by atoms with E-state index in [1.807, 2.05) is 54.5 Å². The smallest absolute Gasteiger partial charge is 0.0991 e. The van der Waals surface area contributed by atoms with E-state index in [0.29, 0.717) is 11.1 Å². The van der Waals surface area contributed by atoms with Crippen molar-refractivity contribution in [2.75, 3.05) is 0 Å². The van der Waals surface area contributed by atoms with Crippen molar-refractivity contribution in [1.29, 1.82) is 10.5 Å². The molecule has 10 aromatic carbocycles. The van der Waals surface area contributed by atoms with Crippen molar-refractivity contribution in [3.63, 3.8) is 0 Å². The lowest BCUT2D eigenvalue weighted by Gasteiger charge is -2.40. The van der Waals surface area contributed by atoms with Gasteiger partial charge in [0.1, 0.15) is 0 Å². The first-order chi connectivity index (χ1) is 40.1. The molecule has 81 heavy (non-hydrogen) atoms. The van der Waals surface area contributed by atoms with Gasteiger partial charge < -0.3 is 13.7 Å². The second-order valence-corrected chi connectivity index (χ2v) is 22.1. The summed E-state index contributed by atoms with van der Waals surface area (Å²) in [5.41, 5.74) is 21.0.